The molecule has 26 heavy (non-hydrogen) atoms. The van der Waals surface area contributed by atoms with E-state index >= 15 is 0 Å². The van der Waals surface area contributed by atoms with Gasteiger partial charge >= 0.3 is 0 Å². The Balaban J connectivity index is 0.00000243. The summed E-state index contributed by atoms with van der Waals surface area (Å²) in [7, 11) is 0. The fourth-order valence-corrected chi connectivity index (χ4v) is 3.60. The van der Waals surface area contributed by atoms with Gasteiger partial charge in [0.15, 0.2) is 0 Å². The lowest BCUT2D eigenvalue weighted by Crippen LogP contribution is -2.36. The number of hydrogen-bond donors (Lipinski definition) is 2. The van der Waals surface area contributed by atoms with Crippen molar-refractivity contribution in [3.05, 3.63) is 44.9 Å². The first-order valence-corrected chi connectivity index (χ1v) is 9.39. The number of anilines is 1. The van der Waals surface area contributed by atoms with Crippen LogP contribution in [0.4, 0.5) is 5.69 Å². The average Bonchev–Trinajstić information content (AvgIpc) is 3.11. The maximum atomic E-state index is 12.8. The number of nitrogens with one attached hydrogen (secondary N) is 1. The van der Waals surface area contributed by atoms with Crippen LogP contribution in [0.25, 0.3) is 0 Å². The fourth-order valence-electron chi connectivity index (χ4n) is 2.77. The number of benzene rings is 1. The molecule has 2 amide bonds. The summed E-state index contributed by atoms with van der Waals surface area (Å²) in [5.74, 6) is -0.474. The molecule has 1 fully saturated rings. The van der Waals surface area contributed by atoms with Crippen LogP contribution >= 0.6 is 35.3 Å². The highest BCUT2D eigenvalue weighted by Crippen LogP contribution is 2.25. The highest BCUT2D eigenvalue weighted by atomic mass is 35.5. The number of carbonyl (C=O) groups excluding carboxylic acids is 2. The third-order valence-electron chi connectivity index (χ3n) is 4.06. The second kappa shape index (κ2) is 9.32. The number of carbonyl (C=O) groups is 2. The average molecular weight is 415 g/mol. The molecule has 2 aromatic rings. The summed E-state index contributed by atoms with van der Waals surface area (Å²) in [6.45, 7) is 1.76. The first kappa shape index (κ1) is 20.6. The highest BCUT2D eigenvalue weighted by Gasteiger charge is 2.22. The number of hydrogen-bond acceptors (Lipinski definition) is 5. The van der Waals surface area contributed by atoms with E-state index in [9.17, 15) is 9.59 Å². The van der Waals surface area contributed by atoms with Gasteiger partial charge in [-0.15, -0.1) is 23.7 Å². The summed E-state index contributed by atoms with van der Waals surface area (Å²) in [5.41, 5.74) is 6.65. The van der Waals surface area contributed by atoms with Crippen LogP contribution in [0.2, 0.25) is 5.02 Å². The molecule has 0 saturated carbocycles. The minimum Gasteiger partial charge on any atom is -0.339 e. The Hall–Kier alpha value is -1.67. The molecule has 0 atom stereocenters. The fraction of sp³-hybridized carbons (Fsp3) is 0.353. The number of amides is 2. The van der Waals surface area contributed by atoms with E-state index in [1.807, 2.05) is 4.90 Å². The van der Waals surface area contributed by atoms with E-state index in [0.29, 0.717) is 21.3 Å². The van der Waals surface area contributed by atoms with Crippen molar-refractivity contribution in [2.24, 2.45) is 5.73 Å². The van der Waals surface area contributed by atoms with Gasteiger partial charge in [0, 0.05) is 30.0 Å². The van der Waals surface area contributed by atoms with E-state index in [1.54, 1.807) is 23.6 Å². The van der Waals surface area contributed by atoms with Crippen LogP contribution in [0.3, 0.4) is 0 Å². The number of piperidine rings is 1. The molecule has 0 radical (unpaired) electrons. The number of nitrogens with two attached hydrogens (primary N) is 1. The van der Waals surface area contributed by atoms with E-state index in [0.717, 1.165) is 32.4 Å². The predicted octanol–water partition coefficient (Wildman–Crippen LogP) is 3.56. The Bertz CT molecular complexity index is 791. The van der Waals surface area contributed by atoms with Gasteiger partial charge in [0.1, 0.15) is 10.7 Å². The quantitative estimate of drug-likeness (QED) is 0.800. The molecule has 3 rings (SSSR count). The van der Waals surface area contributed by atoms with Gasteiger partial charge in [-0.05, 0) is 37.5 Å². The first-order chi connectivity index (χ1) is 12.1. The molecule has 0 aliphatic carbocycles. The standard InChI is InChI=1S/C17H19ClN4O2S.ClH/c18-11-4-5-12(17(24)22-6-2-1-3-7-22)13(8-11)21-16(23)14-10-25-15(9-19)20-14;/h4-5,8,10H,1-3,6-7,9,19H2,(H,21,23);1H. The number of halogens is 2. The molecule has 3 N–H and O–H groups in total. The van der Waals surface area contributed by atoms with Crippen molar-refractivity contribution in [3.8, 4) is 0 Å². The van der Waals surface area contributed by atoms with Crippen molar-refractivity contribution in [2.45, 2.75) is 25.8 Å². The summed E-state index contributed by atoms with van der Waals surface area (Å²) >= 11 is 7.38. The first-order valence-electron chi connectivity index (χ1n) is 8.13. The van der Waals surface area contributed by atoms with Crippen molar-refractivity contribution in [2.75, 3.05) is 18.4 Å². The number of nitrogens with zero attached hydrogens (tertiary/aromatic N) is 2. The predicted molar refractivity (Wildman–Crippen MR) is 106 cm³/mol. The minimum atomic E-state index is -0.383. The summed E-state index contributed by atoms with van der Waals surface area (Å²) in [5, 5.41) is 5.54. The van der Waals surface area contributed by atoms with Crippen LogP contribution in [0, 0.1) is 0 Å². The summed E-state index contributed by atoms with van der Waals surface area (Å²) in [6, 6.07) is 4.90. The maximum Gasteiger partial charge on any atom is 0.275 e. The van der Waals surface area contributed by atoms with Crippen LogP contribution in [0.5, 0.6) is 0 Å². The van der Waals surface area contributed by atoms with E-state index in [1.165, 1.54) is 11.3 Å². The topological polar surface area (TPSA) is 88.3 Å². The molecule has 1 saturated heterocycles. The lowest BCUT2D eigenvalue weighted by Gasteiger charge is -2.27. The molecule has 6 nitrogen and oxygen atoms in total. The van der Waals surface area contributed by atoms with Crippen LogP contribution < -0.4 is 11.1 Å². The van der Waals surface area contributed by atoms with Crippen molar-refractivity contribution in [3.63, 3.8) is 0 Å². The van der Waals surface area contributed by atoms with E-state index in [2.05, 4.69) is 10.3 Å². The molecule has 140 valence electrons. The lowest BCUT2D eigenvalue weighted by atomic mass is 10.1. The Morgan fingerprint density at radius 3 is 2.65 bits per heavy atom. The zero-order chi connectivity index (χ0) is 17.8. The van der Waals surface area contributed by atoms with Crippen LogP contribution in [-0.4, -0.2) is 34.8 Å². The Kier molecular flexibility index (Phi) is 7.40. The normalized spacial score (nSPS) is 13.8. The molecular weight excluding hydrogens is 395 g/mol. The smallest absolute Gasteiger partial charge is 0.275 e. The van der Waals surface area contributed by atoms with Gasteiger partial charge in [0.2, 0.25) is 0 Å². The van der Waals surface area contributed by atoms with Gasteiger partial charge in [-0.1, -0.05) is 11.6 Å². The monoisotopic (exact) mass is 414 g/mol. The number of aromatic nitrogens is 1. The van der Waals surface area contributed by atoms with Gasteiger partial charge in [-0.3, -0.25) is 9.59 Å². The molecule has 1 aromatic heterocycles. The Labute approximate surface area is 167 Å². The zero-order valence-corrected chi connectivity index (χ0v) is 16.4. The highest BCUT2D eigenvalue weighted by molar-refractivity contribution is 7.09. The molecule has 1 aliphatic heterocycles. The maximum absolute atomic E-state index is 12.8. The van der Waals surface area contributed by atoms with Gasteiger partial charge in [0.25, 0.3) is 11.8 Å². The largest absolute Gasteiger partial charge is 0.339 e. The van der Waals surface area contributed by atoms with Crippen molar-refractivity contribution in [1.29, 1.82) is 0 Å². The van der Waals surface area contributed by atoms with E-state index in [4.69, 9.17) is 17.3 Å². The molecule has 9 heteroatoms. The van der Waals surface area contributed by atoms with Crippen molar-refractivity contribution < 1.29 is 9.59 Å². The van der Waals surface area contributed by atoms with Gasteiger partial charge in [-0.2, -0.15) is 0 Å². The number of rotatable bonds is 4. The van der Waals surface area contributed by atoms with Crippen molar-refractivity contribution >= 4 is 52.8 Å². The molecule has 2 heterocycles. The third kappa shape index (κ3) is 4.73. The Morgan fingerprint density at radius 1 is 1.27 bits per heavy atom. The zero-order valence-electron chi connectivity index (χ0n) is 14.0. The van der Waals surface area contributed by atoms with E-state index in [-0.39, 0.29) is 36.5 Å². The summed E-state index contributed by atoms with van der Waals surface area (Å²) in [6.07, 6.45) is 3.14. The SMILES string of the molecule is Cl.NCc1nc(C(=O)Nc2cc(Cl)ccc2C(=O)N2CCCCC2)cs1. The van der Waals surface area contributed by atoms with Crippen LogP contribution in [-0.2, 0) is 6.54 Å². The molecule has 1 aliphatic rings. The molecule has 0 bridgehead atoms. The lowest BCUT2D eigenvalue weighted by molar-refractivity contribution is 0.0725. The Morgan fingerprint density at radius 2 is 2.00 bits per heavy atom. The van der Waals surface area contributed by atoms with Gasteiger partial charge < -0.3 is 16.0 Å². The summed E-state index contributed by atoms with van der Waals surface area (Å²) in [4.78, 5) is 31.2. The number of likely N-dealkylation sites (tertiary alicyclic amines) is 1. The van der Waals surface area contributed by atoms with E-state index < -0.39 is 0 Å². The molecule has 0 spiro atoms. The third-order valence-corrected chi connectivity index (χ3v) is 5.17. The molecule has 1 aromatic carbocycles. The van der Waals surface area contributed by atoms with Gasteiger partial charge in [0.05, 0.1) is 11.3 Å². The summed E-state index contributed by atoms with van der Waals surface area (Å²) < 4.78 is 0. The molecule has 0 unspecified atom stereocenters. The molecular formula is C17H20Cl2N4O2S. The van der Waals surface area contributed by atoms with Crippen LogP contribution in [0.15, 0.2) is 23.6 Å². The van der Waals surface area contributed by atoms with Gasteiger partial charge in [-0.25, -0.2) is 4.98 Å². The van der Waals surface area contributed by atoms with Crippen molar-refractivity contribution in [1.82, 2.24) is 9.88 Å². The number of thiazole rings is 1. The van der Waals surface area contributed by atoms with Crippen LogP contribution in [0.1, 0.15) is 45.1 Å². The second-order valence-electron chi connectivity index (χ2n) is 5.83. The second-order valence-corrected chi connectivity index (χ2v) is 7.21. The minimum absolute atomic E-state index is 0.